The Kier molecular flexibility index (Phi) is 5.96. The van der Waals surface area contributed by atoms with Crippen molar-refractivity contribution in [2.75, 3.05) is 11.8 Å². The molecule has 0 atom stereocenters. The van der Waals surface area contributed by atoms with Crippen LogP contribution in [0.5, 0.6) is 5.75 Å². The number of aromatic nitrogens is 2. The fourth-order valence-corrected chi connectivity index (χ4v) is 4.93. The Morgan fingerprint density at radius 1 is 0.973 bits per heavy atom. The molecule has 0 saturated carbocycles. The third-order valence-corrected chi connectivity index (χ3v) is 6.93. The Balaban J connectivity index is 1.63. The maximum absolute atomic E-state index is 14.4. The Labute approximate surface area is 207 Å². The second-order valence-electron chi connectivity index (χ2n) is 7.85. The van der Waals surface area contributed by atoms with E-state index in [4.69, 9.17) is 4.74 Å². The number of rotatable bonds is 6. The van der Waals surface area contributed by atoms with Gasteiger partial charge in [-0.15, -0.1) is 0 Å². The zero-order valence-corrected chi connectivity index (χ0v) is 19.7. The van der Waals surface area contributed by atoms with Crippen LogP contribution in [-0.4, -0.2) is 25.3 Å². The van der Waals surface area contributed by atoms with E-state index in [9.17, 15) is 26.4 Å². The Morgan fingerprint density at radius 2 is 1.78 bits per heavy atom. The molecule has 2 aromatic heterocycles. The van der Waals surface area contributed by atoms with Gasteiger partial charge in [0.25, 0.3) is 15.6 Å². The molecule has 0 amide bonds. The van der Waals surface area contributed by atoms with Gasteiger partial charge in [0.15, 0.2) is 17.5 Å². The first-order valence-electron chi connectivity index (χ1n) is 10.6. The van der Waals surface area contributed by atoms with E-state index in [0.29, 0.717) is 17.0 Å². The molecular formula is C25H16F3N3O5S. The molecule has 5 rings (SSSR count). The summed E-state index contributed by atoms with van der Waals surface area (Å²) in [5.74, 6) is -3.41. The summed E-state index contributed by atoms with van der Waals surface area (Å²) in [7, 11) is -2.68. The van der Waals surface area contributed by atoms with Gasteiger partial charge in [-0.2, -0.15) is 0 Å². The number of hydrogen-bond acceptors (Lipinski definition) is 6. The average molecular weight is 527 g/mol. The van der Waals surface area contributed by atoms with Gasteiger partial charge in [0, 0.05) is 29.1 Å². The number of ether oxygens (including phenoxy) is 1. The molecule has 37 heavy (non-hydrogen) atoms. The molecule has 12 heteroatoms. The SMILES string of the molecule is COc1cc(-c2cc(F)cc(F)c2F)ccc1-n1c(=O)ccc2cc(S(=O)(=O)Nc3ccon3)ccc21. The van der Waals surface area contributed by atoms with E-state index in [1.54, 1.807) is 0 Å². The molecule has 0 radical (unpaired) electrons. The highest BCUT2D eigenvalue weighted by Crippen LogP contribution is 2.33. The summed E-state index contributed by atoms with van der Waals surface area (Å²) in [6, 6.07) is 13.7. The van der Waals surface area contributed by atoms with E-state index in [2.05, 4.69) is 14.4 Å². The number of anilines is 1. The van der Waals surface area contributed by atoms with E-state index in [0.717, 1.165) is 6.07 Å². The summed E-state index contributed by atoms with van der Waals surface area (Å²) in [6.45, 7) is 0. The topological polar surface area (TPSA) is 103 Å². The van der Waals surface area contributed by atoms with E-state index < -0.39 is 33.0 Å². The van der Waals surface area contributed by atoms with E-state index in [1.807, 2.05) is 0 Å². The molecule has 5 aromatic rings. The average Bonchev–Trinajstić information content (AvgIpc) is 3.38. The van der Waals surface area contributed by atoms with Crippen LogP contribution >= 0.6 is 0 Å². The zero-order valence-electron chi connectivity index (χ0n) is 18.9. The molecule has 0 spiro atoms. The number of pyridine rings is 1. The van der Waals surface area contributed by atoms with Gasteiger partial charge >= 0.3 is 0 Å². The number of nitrogens with zero attached hydrogens (tertiary/aromatic N) is 2. The predicted molar refractivity (Wildman–Crippen MR) is 129 cm³/mol. The van der Waals surface area contributed by atoms with Crippen LogP contribution in [-0.2, 0) is 10.0 Å². The summed E-state index contributed by atoms with van der Waals surface area (Å²) in [4.78, 5) is 12.8. The lowest BCUT2D eigenvalue weighted by molar-refractivity contribution is 0.413. The molecule has 0 aliphatic rings. The van der Waals surface area contributed by atoms with Gasteiger partial charge in [0.2, 0.25) is 0 Å². The minimum Gasteiger partial charge on any atom is -0.495 e. The van der Waals surface area contributed by atoms with Crippen molar-refractivity contribution < 1.29 is 30.8 Å². The van der Waals surface area contributed by atoms with Crippen molar-refractivity contribution in [3.8, 4) is 22.6 Å². The van der Waals surface area contributed by atoms with Gasteiger partial charge < -0.3 is 9.26 Å². The third kappa shape index (κ3) is 4.42. The Hall–Kier alpha value is -4.58. The third-order valence-electron chi connectivity index (χ3n) is 5.58. The van der Waals surface area contributed by atoms with E-state index >= 15 is 0 Å². The number of halogens is 3. The van der Waals surface area contributed by atoms with Crippen LogP contribution in [0, 0.1) is 17.5 Å². The van der Waals surface area contributed by atoms with Crippen molar-refractivity contribution in [2.24, 2.45) is 0 Å². The van der Waals surface area contributed by atoms with Crippen LogP contribution in [0.3, 0.4) is 0 Å². The number of fused-ring (bicyclic) bond motifs is 1. The lowest BCUT2D eigenvalue weighted by Gasteiger charge is -2.16. The molecule has 0 unspecified atom stereocenters. The summed E-state index contributed by atoms with van der Waals surface area (Å²) < 4.78 is 80.9. The van der Waals surface area contributed by atoms with Crippen molar-refractivity contribution in [2.45, 2.75) is 4.90 Å². The quantitative estimate of drug-likeness (QED) is 0.316. The number of nitrogens with one attached hydrogen (secondary N) is 1. The first kappa shape index (κ1) is 24.1. The minimum absolute atomic E-state index is 0.00417. The highest BCUT2D eigenvalue weighted by Gasteiger charge is 2.19. The summed E-state index contributed by atoms with van der Waals surface area (Å²) in [5.41, 5.74) is -0.0607. The summed E-state index contributed by atoms with van der Waals surface area (Å²) in [6.07, 6.45) is 1.22. The Bertz CT molecular complexity index is 1820. The smallest absolute Gasteiger partial charge is 0.263 e. The van der Waals surface area contributed by atoms with Crippen LogP contribution in [0.1, 0.15) is 0 Å². The fourth-order valence-electron chi connectivity index (χ4n) is 3.90. The van der Waals surface area contributed by atoms with Crippen molar-refractivity contribution in [3.05, 3.63) is 101 Å². The molecule has 3 aromatic carbocycles. The maximum atomic E-state index is 14.4. The molecule has 8 nitrogen and oxygen atoms in total. The number of sulfonamides is 1. The zero-order chi connectivity index (χ0) is 26.3. The predicted octanol–water partition coefficient (Wildman–Crippen LogP) is 4.87. The van der Waals surface area contributed by atoms with Crippen molar-refractivity contribution in [1.82, 2.24) is 9.72 Å². The molecule has 0 aliphatic carbocycles. The van der Waals surface area contributed by atoms with Crippen LogP contribution in [0.4, 0.5) is 19.0 Å². The molecule has 1 N–H and O–H groups in total. The van der Waals surface area contributed by atoms with Gasteiger partial charge in [-0.25, -0.2) is 21.6 Å². The molecule has 0 saturated heterocycles. The van der Waals surface area contributed by atoms with Crippen molar-refractivity contribution in [3.63, 3.8) is 0 Å². The molecule has 0 bridgehead atoms. The highest BCUT2D eigenvalue weighted by atomic mass is 32.2. The second kappa shape index (κ2) is 9.13. The highest BCUT2D eigenvalue weighted by molar-refractivity contribution is 7.92. The lowest BCUT2D eigenvalue weighted by atomic mass is 10.0. The molecule has 188 valence electrons. The first-order valence-corrected chi connectivity index (χ1v) is 12.1. The standard InChI is InChI=1S/C25H16F3N3O5S/c1-35-22-11-14(18-12-16(26)13-19(27)25(18)28)2-5-21(22)31-20-6-4-17(10-15(20)3-7-24(31)32)37(33,34)30-23-8-9-36-29-23/h2-13H,1H3,(H,29,30). The van der Waals surface area contributed by atoms with Crippen LogP contribution in [0.2, 0.25) is 0 Å². The van der Waals surface area contributed by atoms with Gasteiger partial charge in [0.1, 0.15) is 17.8 Å². The van der Waals surface area contributed by atoms with Gasteiger partial charge in [0.05, 0.1) is 23.2 Å². The largest absolute Gasteiger partial charge is 0.495 e. The van der Waals surface area contributed by atoms with Crippen molar-refractivity contribution >= 4 is 26.7 Å². The molecule has 0 fully saturated rings. The minimum atomic E-state index is -4.00. The summed E-state index contributed by atoms with van der Waals surface area (Å²) in [5, 5.41) is 3.94. The fraction of sp³-hybridized carbons (Fsp3) is 0.0400. The van der Waals surface area contributed by atoms with Crippen molar-refractivity contribution in [1.29, 1.82) is 0 Å². The van der Waals surface area contributed by atoms with Crippen LogP contribution in [0.25, 0.3) is 27.7 Å². The van der Waals surface area contributed by atoms with Crippen LogP contribution < -0.4 is 15.0 Å². The second-order valence-corrected chi connectivity index (χ2v) is 9.54. The summed E-state index contributed by atoms with van der Waals surface area (Å²) >= 11 is 0. The molecule has 0 aliphatic heterocycles. The number of methoxy groups -OCH3 is 1. The number of hydrogen-bond donors (Lipinski definition) is 1. The molecule has 2 heterocycles. The first-order chi connectivity index (χ1) is 17.7. The van der Waals surface area contributed by atoms with Gasteiger partial charge in [-0.1, -0.05) is 11.2 Å². The van der Waals surface area contributed by atoms with E-state index in [1.165, 1.54) is 72.5 Å². The monoisotopic (exact) mass is 527 g/mol. The normalized spacial score (nSPS) is 11.6. The number of benzene rings is 3. The van der Waals surface area contributed by atoms with Gasteiger partial charge in [-0.05, 0) is 48.0 Å². The lowest BCUT2D eigenvalue weighted by Crippen LogP contribution is -2.19. The Morgan fingerprint density at radius 3 is 2.51 bits per heavy atom. The van der Waals surface area contributed by atoms with Crippen LogP contribution in [0.15, 0.2) is 87.2 Å². The van der Waals surface area contributed by atoms with E-state index in [-0.39, 0.29) is 33.3 Å². The molecular weight excluding hydrogens is 511 g/mol. The maximum Gasteiger partial charge on any atom is 0.263 e. The van der Waals surface area contributed by atoms with Gasteiger partial charge in [-0.3, -0.25) is 14.1 Å².